The largest absolute Gasteiger partial charge is 0.454 e. The molecule has 1 rings (SSSR count). The number of nitrogens with one attached hydrogen (secondary N) is 1. The van der Waals surface area contributed by atoms with E-state index in [0.29, 0.717) is 6.08 Å². The van der Waals surface area contributed by atoms with Gasteiger partial charge >= 0.3 is 6.18 Å². The van der Waals surface area contributed by atoms with Gasteiger partial charge in [-0.05, 0) is 12.5 Å². The van der Waals surface area contributed by atoms with Gasteiger partial charge in [0.2, 0.25) is 0 Å². The minimum absolute atomic E-state index is 0.159. The highest BCUT2D eigenvalue weighted by Crippen LogP contribution is 2.16. The Hall–Kier alpha value is -1.78. The van der Waals surface area contributed by atoms with Crippen LogP contribution in [0.25, 0.3) is 0 Å². The van der Waals surface area contributed by atoms with Gasteiger partial charge in [-0.1, -0.05) is 30.3 Å². The van der Waals surface area contributed by atoms with Crippen LogP contribution in [0.15, 0.2) is 42.6 Å². The zero-order valence-electron chi connectivity index (χ0n) is 9.16. The Morgan fingerprint density at radius 1 is 1.29 bits per heavy atom. The van der Waals surface area contributed by atoms with Crippen molar-refractivity contribution in [3.63, 3.8) is 0 Å². The van der Waals surface area contributed by atoms with Crippen LogP contribution in [0, 0.1) is 0 Å². The Bertz CT molecular complexity index is 398. The molecule has 0 heterocycles. The molecule has 0 radical (unpaired) electrons. The molecule has 0 bridgehead atoms. The predicted molar refractivity (Wildman–Crippen MR) is 58.2 cm³/mol. The minimum Gasteiger partial charge on any atom is -0.384 e. The van der Waals surface area contributed by atoms with Crippen molar-refractivity contribution in [3.05, 3.63) is 48.2 Å². The van der Waals surface area contributed by atoms with Gasteiger partial charge in [-0.15, -0.1) is 0 Å². The van der Waals surface area contributed by atoms with Crippen LogP contribution in [0.5, 0.6) is 0 Å². The van der Waals surface area contributed by atoms with Crippen molar-refractivity contribution >= 4 is 5.78 Å². The summed E-state index contributed by atoms with van der Waals surface area (Å²) < 4.78 is 35.6. The lowest BCUT2D eigenvalue weighted by molar-refractivity contribution is -0.165. The van der Waals surface area contributed by atoms with Crippen LogP contribution in [-0.2, 0) is 4.79 Å². The Labute approximate surface area is 97.1 Å². The zero-order chi connectivity index (χ0) is 12.9. The molecule has 0 aromatic heterocycles. The van der Waals surface area contributed by atoms with Crippen LogP contribution in [0.1, 0.15) is 18.5 Å². The van der Waals surface area contributed by atoms with Crippen molar-refractivity contribution in [2.75, 3.05) is 0 Å². The van der Waals surface area contributed by atoms with E-state index in [-0.39, 0.29) is 6.04 Å². The van der Waals surface area contributed by atoms with Gasteiger partial charge in [0.1, 0.15) is 0 Å². The fourth-order valence-corrected chi connectivity index (χ4v) is 1.20. The maximum Gasteiger partial charge on any atom is 0.454 e. The number of hydrogen-bond acceptors (Lipinski definition) is 2. The van der Waals surface area contributed by atoms with E-state index in [1.54, 1.807) is 6.92 Å². The molecule has 0 saturated heterocycles. The molecule has 1 aromatic rings. The number of carbonyl (C=O) groups excluding carboxylic acids is 1. The Balaban J connectivity index is 2.52. The van der Waals surface area contributed by atoms with E-state index in [4.69, 9.17) is 0 Å². The molecule has 0 aliphatic carbocycles. The van der Waals surface area contributed by atoms with E-state index < -0.39 is 12.0 Å². The summed E-state index contributed by atoms with van der Waals surface area (Å²) in [4.78, 5) is 10.5. The fraction of sp³-hybridized carbons (Fsp3) is 0.250. The number of hydrogen-bond donors (Lipinski definition) is 1. The van der Waals surface area contributed by atoms with Gasteiger partial charge in [-0.3, -0.25) is 4.79 Å². The van der Waals surface area contributed by atoms with Crippen LogP contribution in [0.3, 0.4) is 0 Å². The highest BCUT2D eigenvalue weighted by atomic mass is 19.4. The van der Waals surface area contributed by atoms with Crippen molar-refractivity contribution in [3.8, 4) is 0 Å². The van der Waals surface area contributed by atoms with Gasteiger partial charge in [-0.25, -0.2) is 0 Å². The number of halogens is 3. The molecular weight excluding hydrogens is 231 g/mol. The highest BCUT2D eigenvalue weighted by molar-refractivity contribution is 5.94. The van der Waals surface area contributed by atoms with Crippen LogP contribution in [-0.4, -0.2) is 12.0 Å². The van der Waals surface area contributed by atoms with Gasteiger partial charge in [0.15, 0.2) is 0 Å². The molecule has 17 heavy (non-hydrogen) atoms. The van der Waals surface area contributed by atoms with Gasteiger partial charge in [0.05, 0.1) is 0 Å². The van der Waals surface area contributed by atoms with E-state index in [9.17, 15) is 18.0 Å². The average Bonchev–Trinajstić information content (AvgIpc) is 2.28. The summed E-state index contributed by atoms with van der Waals surface area (Å²) in [5.74, 6) is -1.87. The minimum atomic E-state index is -4.81. The van der Waals surface area contributed by atoms with Crippen molar-refractivity contribution in [2.24, 2.45) is 0 Å². The molecule has 0 fully saturated rings. The molecule has 5 heteroatoms. The van der Waals surface area contributed by atoms with Crippen molar-refractivity contribution in [1.82, 2.24) is 5.32 Å². The lowest BCUT2D eigenvalue weighted by atomic mass is 10.1. The number of carbonyl (C=O) groups is 1. The zero-order valence-corrected chi connectivity index (χ0v) is 9.16. The first-order chi connectivity index (χ1) is 7.91. The lowest BCUT2D eigenvalue weighted by Gasteiger charge is -2.11. The summed E-state index contributed by atoms with van der Waals surface area (Å²) in [6.07, 6.45) is -3.30. The number of benzene rings is 1. The first-order valence-corrected chi connectivity index (χ1v) is 5.00. The van der Waals surface area contributed by atoms with E-state index in [2.05, 4.69) is 5.32 Å². The van der Waals surface area contributed by atoms with Gasteiger partial charge < -0.3 is 5.32 Å². The molecule has 0 aliphatic heterocycles. The Morgan fingerprint density at radius 3 is 2.41 bits per heavy atom. The van der Waals surface area contributed by atoms with Gasteiger partial charge in [0, 0.05) is 18.3 Å². The molecule has 92 valence electrons. The molecule has 0 spiro atoms. The molecule has 2 nitrogen and oxygen atoms in total. The topological polar surface area (TPSA) is 29.1 Å². The maximum absolute atomic E-state index is 11.9. The third-order valence-corrected chi connectivity index (χ3v) is 2.16. The summed E-state index contributed by atoms with van der Waals surface area (Å²) in [5, 5.41) is 2.70. The first-order valence-electron chi connectivity index (χ1n) is 5.00. The third-order valence-electron chi connectivity index (χ3n) is 2.16. The average molecular weight is 243 g/mol. The number of allylic oxidation sites excluding steroid dienone is 1. The van der Waals surface area contributed by atoms with E-state index >= 15 is 0 Å². The maximum atomic E-state index is 11.9. The normalized spacial score (nSPS) is 13.6. The molecule has 0 unspecified atom stereocenters. The van der Waals surface area contributed by atoms with E-state index in [1.165, 1.54) is 0 Å². The van der Waals surface area contributed by atoms with Crippen molar-refractivity contribution < 1.29 is 18.0 Å². The van der Waals surface area contributed by atoms with E-state index in [1.807, 2.05) is 30.3 Å². The van der Waals surface area contributed by atoms with Gasteiger partial charge in [0.25, 0.3) is 5.78 Å². The van der Waals surface area contributed by atoms with Crippen LogP contribution < -0.4 is 5.32 Å². The second-order valence-corrected chi connectivity index (χ2v) is 3.49. The molecule has 0 aliphatic rings. The quantitative estimate of drug-likeness (QED) is 0.824. The van der Waals surface area contributed by atoms with Crippen LogP contribution >= 0.6 is 0 Å². The summed E-state index contributed by atoms with van der Waals surface area (Å²) in [6, 6.07) is 9.04. The van der Waals surface area contributed by atoms with Gasteiger partial charge in [-0.2, -0.15) is 13.2 Å². The molecule has 1 aromatic carbocycles. The molecular formula is C12H12F3NO. The molecule has 1 N–H and O–H groups in total. The standard InChI is InChI=1S/C12H12F3NO/c1-9(10-5-3-2-4-6-10)16-8-7-11(17)12(13,14)15/h2-9,16H,1H3/b8-7+/t9-/m0/s1. The SMILES string of the molecule is C[C@H](N/C=C/C(=O)C(F)(F)F)c1ccccc1. The van der Waals surface area contributed by atoms with Crippen LogP contribution in [0.4, 0.5) is 13.2 Å². The molecule has 0 saturated carbocycles. The van der Waals surface area contributed by atoms with Crippen molar-refractivity contribution in [2.45, 2.75) is 19.1 Å². The third kappa shape index (κ3) is 4.30. The number of alkyl halides is 3. The number of rotatable bonds is 4. The highest BCUT2D eigenvalue weighted by Gasteiger charge is 2.35. The second kappa shape index (κ2) is 5.52. The lowest BCUT2D eigenvalue weighted by Crippen LogP contribution is -2.21. The van der Waals surface area contributed by atoms with E-state index in [0.717, 1.165) is 11.8 Å². The Kier molecular flexibility index (Phi) is 4.31. The monoisotopic (exact) mass is 243 g/mol. The summed E-state index contributed by atoms with van der Waals surface area (Å²) >= 11 is 0. The van der Waals surface area contributed by atoms with Crippen LogP contribution in [0.2, 0.25) is 0 Å². The second-order valence-electron chi connectivity index (χ2n) is 3.49. The summed E-state index contributed by atoms with van der Waals surface area (Å²) in [7, 11) is 0. The predicted octanol–water partition coefficient (Wildman–Crippen LogP) is 2.98. The summed E-state index contributed by atoms with van der Waals surface area (Å²) in [6.45, 7) is 1.79. The molecule has 0 amide bonds. The fourth-order valence-electron chi connectivity index (χ4n) is 1.20. The first kappa shape index (κ1) is 13.3. The van der Waals surface area contributed by atoms with Crippen molar-refractivity contribution in [1.29, 1.82) is 0 Å². The smallest absolute Gasteiger partial charge is 0.384 e. The Morgan fingerprint density at radius 2 is 1.88 bits per heavy atom. The summed E-state index contributed by atoms with van der Waals surface area (Å²) in [5.41, 5.74) is 0.927. The molecule has 1 atom stereocenters. The number of ketones is 1.